The minimum absolute atomic E-state index is 0.0304. The molecule has 0 aliphatic rings. The molecule has 0 unspecified atom stereocenters. The first-order valence-corrected chi connectivity index (χ1v) is 22.1. The molecular weight excluding hydrogens is 779 g/mol. The van der Waals surface area contributed by atoms with Crippen LogP contribution in [0, 0.1) is 0 Å². The van der Waals surface area contributed by atoms with E-state index in [1.807, 2.05) is 12.4 Å². The highest BCUT2D eigenvalue weighted by Gasteiger charge is 2.22. The zero-order valence-electron chi connectivity index (χ0n) is 37.3. The maximum Gasteiger partial charge on any atom is 0.137 e. The minimum Gasteiger partial charge on any atom is -0.457 e. The van der Waals surface area contributed by atoms with Gasteiger partial charge in [0.2, 0.25) is 0 Å². The first kappa shape index (κ1) is 40.5. The second kappa shape index (κ2) is 16.3. The summed E-state index contributed by atoms with van der Waals surface area (Å²) >= 11 is 0. The Kier molecular flexibility index (Phi) is 10.3. The van der Waals surface area contributed by atoms with Gasteiger partial charge in [-0.25, -0.2) is 4.98 Å². The summed E-state index contributed by atoms with van der Waals surface area (Å²) < 4.78 is 9.36. The largest absolute Gasteiger partial charge is 0.457 e. The van der Waals surface area contributed by atoms with E-state index in [9.17, 15) is 0 Å². The standard InChI is InChI=1S/C60H51N3O/c1-59(2,3)46-28-30-61-54(37-46)44-32-45(58-52(41-20-12-8-13-21-41)35-43(40-18-10-7-11-19-40)36-53(58)42-22-14-9-15-23-42)34-49(33-44)64-48-26-27-51-50-24-16-17-25-55(50)63(56(51)39-48)57-38-47(29-31-62-57)60(4,5)6/h7-39H,1-6H3. The van der Waals surface area contributed by atoms with Crippen molar-refractivity contribution in [2.45, 2.75) is 52.4 Å². The number of aromatic nitrogens is 3. The highest BCUT2D eigenvalue weighted by Crippen LogP contribution is 2.46. The Hall–Kier alpha value is -7.56. The molecule has 10 aromatic rings. The lowest BCUT2D eigenvalue weighted by atomic mass is 9.84. The fourth-order valence-electron chi connectivity index (χ4n) is 8.85. The molecule has 0 fully saturated rings. The molecule has 0 bridgehead atoms. The summed E-state index contributed by atoms with van der Waals surface area (Å²) in [6.45, 7) is 13.5. The van der Waals surface area contributed by atoms with Crippen molar-refractivity contribution in [1.82, 2.24) is 14.5 Å². The van der Waals surface area contributed by atoms with Crippen LogP contribution in [0.15, 0.2) is 200 Å². The van der Waals surface area contributed by atoms with Gasteiger partial charge < -0.3 is 4.74 Å². The zero-order valence-corrected chi connectivity index (χ0v) is 37.3. The van der Waals surface area contributed by atoms with Crippen molar-refractivity contribution in [1.29, 1.82) is 0 Å². The van der Waals surface area contributed by atoms with Crippen molar-refractivity contribution in [2.75, 3.05) is 0 Å². The van der Waals surface area contributed by atoms with Gasteiger partial charge in [0.1, 0.15) is 17.3 Å². The number of para-hydroxylation sites is 1. The number of fused-ring (bicyclic) bond motifs is 3. The average molecular weight is 830 g/mol. The molecule has 0 saturated carbocycles. The fourth-order valence-corrected chi connectivity index (χ4v) is 8.85. The molecule has 312 valence electrons. The molecule has 0 radical (unpaired) electrons. The zero-order chi connectivity index (χ0) is 44.0. The number of pyridine rings is 2. The second-order valence-corrected chi connectivity index (χ2v) is 18.8. The third-order valence-electron chi connectivity index (χ3n) is 12.3. The van der Waals surface area contributed by atoms with Gasteiger partial charge in [0.05, 0.1) is 16.7 Å². The molecule has 64 heavy (non-hydrogen) atoms. The quantitative estimate of drug-likeness (QED) is 0.153. The summed E-state index contributed by atoms with van der Waals surface area (Å²) in [5.74, 6) is 2.33. The molecule has 4 heteroatoms. The molecule has 0 spiro atoms. The van der Waals surface area contributed by atoms with Gasteiger partial charge in [-0.2, -0.15) is 0 Å². The summed E-state index contributed by atoms with van der Waals surface area (Å²) in [6, 6.07) is 67.1. The van der Waals surface area contributed by atoms with E-state index >= 15 is 0 Å². The normalized spacial score (nSPS) is 11.9. The summed E-state index contributed by atoms with van der Waals surface area (Å²) in [5.41, 5.74) is 15.4. The summed E-state index contributed by atoms with van der Waals surface area (Å²) in [5, 5.41) is 2.31. The van der Waals surface area contributed by atoms with Gasteiger partial charge in [-0.1, -0.05) is 151 Å². The summed E-state index contributed by atoms with van der Waals surface area (Å²) in [7, 11) is 0. The van der Waals surface area contributed by atoms with E-state index in [-0.39, 0.29) is 10.8 Å². The Bertz CT molecular complexity index is 3240. The van der Waals surface area contributed by atoms with Crippen LogP contribution in [0.1, 0.15) is 52.7 Å². The highest BCUT2D eigenvalue weighted by atomic mass is 16.5. The topological polar surface area (TPSA) is 39.9 Å². The fraction of sp³-hybridized carbons (Fsp3) is 0.133. The molecule has 0 atom stereocenters. The van der Waals surface area contributed by atoms with Crippen LogP contribution >= 0.6 is 0 Å². The lowest BCUT2D eigenvalue weighted by Crippen LogP contribution is -2.12. The van der Waals surface area contributed by atoms with E-state index in [0.717, 1.165) is 89.5 Å². The number of benzene rings is 7. The van der Waals surface area contributed by atoms with Gasteiger partial charge in [-0.3, -0.25) is 9.55 Å². The van der Waals surface area contributed by atoms with Gasteiger partial charge in [-0.05, 0) is 139 Å². The molecule has 0 amide bonds. The van der Waals surface area contributed by atoms with E-state index in [1.54, 1.807) is 0 Å². The maximum atomic E-state index is 7.10. The Morgan fingerprint density at radius 1 is 0.391 bits per heavy atom. The van der Waals surface area contributed by atoms with Gasteiger partial charge in [-0.15, -0.1) is 0 Å². The highest BCUT2D eigenvalue weighted by molar-refractivity contribution is 6.09. The van der Waals surface area contributed by atoms with Crippen LogP contribution in [0.25, 0.3) is 83.4 Å². The van der Waals surface area contributed by atoms with E-state index in [2.05, 4.69) is 234 Å². The van der Waals surface area contributed by atoms with Crippen molar-refractivity contribution in [3.63, 3.8) is 0 Å². The molecule has 0 N–H and O–H groups in total. The number of hydrogen-bond donors (Lipinski definition) is 0. The van der Waals surface area contributed by atoms with Crippen molar-refractivity contribution >= 4 is 21.8 Å². The van der Waals surface area contributed by atoms with Crippen molar-refractivity contribution in [3.8, 4) is 73.1 Å². The number of ether oxygens (including phenoxy) is 1. The Morgan fingerprint density at radius 3 is 1.58 bits per heavy atom. The Balaban J connectivity index is 1.21. The van der Waals surface area contributed by atoms with Gasteiger partial charge >= 0.3 is 0 Å². The van der Waals surface area contributed by atoms with Gasteiger partial charge in [0.15, 0.2) is 0 Å². The molecule has 4 nitrogen and oxygen atoms in total. The van der Waals surface area contributed by atoms with Crippen LogP contribution < -0.4 is 4.74 Å². The Labute approximate surface area is 376 Å². The molecule has 0 aliphatic heterocycles. The maximum absolute atomic E-state index is 7.10. The average Bonchev–Trinajstić information content (AvgIpc) is 3.65. The Morgan fingerprint density at radius 2 is 0.938 bits per heavy atom. The molecule has 3 aromatic heterocycles. The number of hydrogen-bond acceptors (Lipinski definition) is 3. The van der Waals surface area contributed by atoms with Crippen LogP contribution in [0.2, 0.25) is 0 Å². The minimum atomic E-state index is -0.0576. The van der Waals surface area contributed by atoms with E-state index < -0.39 is 0 Å². The van der Waals surface area contributed by atoms with E-state index in [4.69, 9.17) is 14.7 Å². The second-order valence-electron chi connectivity index (χ2n) is 18.8. The molecule has 10 rings (SSSR count). The first-order valence-electron chi connectivity index (χ1n) is 22.1. The van der Waals surface area contributed by atoms with Crippen LogP contribution in [-0.2, 0) is 10.8 Å². The molecule has 0 saturated heterocycles. The van der Waals surface area contributed by atoms with Crippen molar-refractivity contribution in [2.24, 2.45) is 0 Å². The van der Waals surface area contributed by atoms with Gasteiger partial charge in [0.25, 0.3) is 0 Å². The lowest BCUT2D eigenvalue weighted by molar-refractivity contribution is 0.483. The molecule has 0 aliphatic carbocycles. The SMILES string of the molecule is CC(C)(C)c1ccnc(-c2cc(Oc3ccc4c5ccccc5n(-c5cc(C(C)(C)C)ccn5)c4c3)cc(-c3c(-c4ccccc4)cc(-c4ccccc4)cc3-c3ccccc3)c2)c1. The van der Waals surface area contributed by atoms with Crippen LogP contribution in [0.4, 0.5) is 0 Å². The number of rotatable bonds is 8. The van der Waals surface area contributed by atoms with Crippen LogP contribution in [0.5, 0.6) is 11.5 Å². The van der Waals surface area contributed by atoms with Crippen molar-refractivity contribution < 1.29 is 4.74 Å². The monoisotopic (exact) mass is 829 g/mol. The molecule has 7 aromatic carbocycles. The van der Waals surface area contributed by atoms with E-state index in [1.165, 1.54) is 16.5 Å². The molecule has 3 heterocycles. The summed E-state index contributed by atoms with van der Waals surface area (Å²) in [4.78, 5) is 9.92. The van der Waals surface area contributed by atoms with Gasteiger partial charge in [0, 0.05) is 34.8 Å². The lowest BCUT2D eigenvalue weighted by Gasteiger charge is -2.21. The van der Waals surface area contributed by atoms with Crippen LogP contribution in [0.3, 0.4) is 0 Å². The predicted octanol–water partition coefficient (Wildman–Crippen LogP) is 16.3. The third-order valence-corrected chi connectivity index (χ3v) is 12.3. The predicted molar refractivity (Wildman–Crippen MR) is 267 cm³/mol. The van der Waals surface area contributed by atoms with Crippen LogP contribution in [-0.4, -0.2) is 14.5 Å². The third kappa shape index (κ3) is 7.88. The van der Waals surface area contributed by atoms with Crippen molar-refractivity contribution in [3.05, 3.63) is 212 Å². The first-order chi connectivity index (χ1) is 31.0. The number of nitrogens with zero attached hydrogens (tertiary/aromatic N) is 3. The summed E-state index contributed by atoms with van der Waals surface area (Å²) in [6.07, 6.45) is 3.85. The van der Waals surface area contributed by atoms with E-state index in [0.29, 0.717) is 0 Å². The molecular formula is C60H51N3O. The smallest absolute Gasteiger partial charge is 0.137 e.